The third-order valence-electron chi connectivity index (χ3n) is 4.39. The number of hydrogen-bond donors (Lipinski definition) is 0. The molecule has 0 aliphatic carbocycles. The van der Waals surface area contributed by atoms with E-state index >= 15 is 0 Å². The van der Waals surface area contributed by atoms with Gasteiger partial charge in [0.25, 0.3) is 0 Å². The Kier molecular flexibility index (Phi) is 7.44. The van der Waals surface area contributed by atoms with Gasteiger partial charge in [-0.1, -0.05) is 41.5 Å². The maximum absolute atomic E-state index is 9.93. The smallest absolute Gasteiger partial charge is 0.334 e. The molecule has 2 nitrogen and oxygen atoms in total. The molecule has 0 bridgehead atoms. The van der Waals surface area contributed by atoms with Gasteiger partial charge in [-0.15, -0.1) is 0 Å². The molecule has 2 rings (SSSR count). The summed E-state index contributed by atoms with van der Waals surface area (Å²) in [5.74, 6) is 0. The first-order valence-corrected chi connectivity index (χ1v) is 12.2. The van der Waals surface area contributed by atoms with Gasteiger partial charge in [0.15, 0.2) is 0 Å². The zero-order valence-corrected chi connectivity index (χ0v) is 23.7. The normalized spacial score (nSPS) is 12.1. The summed E-state index contributed by atoms with van der Waals surface area (Å²) in [5, 5.41) is 0. The van der Waals surface area contributed by atoms with Crippen molar-refractivity contribution in [3.63, 3.8) is 0 Å². The van der Waals surface area contributed by atoms with Gasteiger partial charge >= 0.3 is 5.71 Å². The Bertz CT molecular complexity index is 830. The molecular weight excluding hydrogens is 694 g/mol. The van der Waals surface area contributed by atoms with Crippen LogP contribution in [0, 0.1) is 7.14 Å². The molecule has 0 spiro atoms. The molecule has 0 fully saturated rings. The fourth-order valence-electron chi connectivity index (χ4n) is 2.69. The molecule has 0 atom stereocenters. The third-order valence-corrected chi connectivity index (χ3v) is 7.34. The van der Waals surface area contributed by atoms with Crippen molar-refractivity contribution >= 4 is 82.8 Å². The molecule has 6 heteroatoms. The lowest BCUT2D eigenvalue weighted by atomic mass is 9.85. The highest BCUT2D eigenvalue weighted by Crippen LogP contribution is 2.36. The molecule has 0 amide bonds. The van der Waals surface area contributed by atoms with Crippen molar-refractivity contribution in [3.05, 3.63) is 68.1 Å². The maximum atomic E-state index is 9.93. The standard InChI is InChI=1S/C21H22Br2I2N2/c1-20(2,3)11-7-13(22)17(14(23)8-11)19(27-26)18-15(24)9-12(10-16(18)25)21(4,5)6/h7-10H,1-6H3. The lowest BCUT2D eigenvalue weighted by Gasteiger charge is -2.22. The highest BCUT2D eigenvalue weighted by atomic mass is 127. The minimum absolute atomic E-state index is 0.0251. The molecule has 27 heavy (non-hydrogen) atoms. The van der Waals surface area contributed by atoms with E-state index in [1.807, 2.05) is 0 Å². The van der Waals surface area contributed by atoms with Crippen LogP contribution in [0.2, 0.25) is 0 Å². The summed E-state index contributed by atoms with van der Waals surface area (Å²) >= 11 is 12.1. The molecule has 0 unspecified atom stereocenters. The summed E-state index contributed by atoms with van der Waals surface area (Å²) < 4.78 is 3.94. The highest BCUT2D eigenvalue weighted by molar-refractivity contribution is 14.1. The first-order chi connectivity index (χ1) is 12.3. The molecule has 2 aromatic rings. The topological polar surface area (TPSA) is 36.4 Å². The van der Waals surface area contributed by atoms with E-state index in [2.05, 4.69) is 148 Å². The van der Waals surface area contributed by atoms with Crippen LogP contribution in [-0.2, 0) is 10.8 Å². The second kappa shape index (κ2) is 8.54. The van der Waals surface area contributed by atoms with Gasteiger partial charge in [-0.05, 0) is 123 Å². The monoisotopic (exact) mass is 714 g/mol. The van der Waals surface area contributed by atoms with Crippen molar-refractivity contribution in [2.75, 3.05) is 0 Å². The van der Waals surface area contributed by atoms with Gasteiger partial charge in [-0.2, -0.15) is 4.79 Å². The molecule has 0 aliphatic heterocycles. The van der Waals surface area contributed by atoms with Crippen molar-refractivity contribution < 1.29 is 4.79 Å². The predicted molar refractivity (Wildman–Crippen MR) is 138 cm³/mol. The quantitative estimate of drug-likeness (QED) is 0.131. The van der Waals surface area contributed by atoms with Gasteiger partial charge < -0.3 is 5.53 Å². The summed E-state index contributed by atoms with van der Waals surface area (Å²) in [6.45, 7) is 13.1. The zero-order valence-electron chi connectivity index (χ0n) is 16.2. The minimum atomic E-state index is 0.0251. The number of benzene rings is 2. The molecule has 0 aliphatic rings. The summed E-state index contributed by atoms with van der Waals surface area (Å²) in [7, 11) is 0. The molecule has 0 saturated heterocycles. The lowest BCUT2D eigenvalue weighted by Crippen LogP contribution is -2.17. The molecule has 144 valence electrons. The Hall–Kier alpha value is 0.240. The molecule has 0 aromatic heterocycles. The average molecular weight is 716 g/mol. The second-order valence-corrected chi connectivity index (χ2v) is 12.6. The van der Waals surface area contributed by atoms with Crippen LogP contribution < -0.4 is 0 Å². The summed E-state index contributed by atoms with van der Waals surface area (Å²) in [4.78, 5) is 3.70. The van der Waals surface area contributed by atoms with Crippen LogP contribution in [0.25, 0.3) is 5.53 Å². The first-order valence-electron chi connectivity index (χ1n) is 8.49. The van der Waals surface area contributed by atoms with Crippen LogP contribution in [0.15, 0.2) is 33.2 Å². The van der Waals surface area contributed by atoms with Crippen LogP contribution in [0.5, 0.6) is 0 Å². The van der Waals surface area contributed by atoms with Gasteiger partial charge in [0, 0.05) is 16.1 Å². The molecule has 0 N–H and O–H groups in total. The lowest BCUT2D eigenvalue weighted by molar-refractivity contribution is -0.00303. The van der Waals surface area contributed by atoms with Crippen molar-refractivity contribution in [3.8, 4) is 0 Å². The van der Waals surface area contributed by atoms with Crippen LogP contribution in [0.4, 0.5) is 0 Å². The summed E-state index contributed by atoms with van der Waals surface area (Å²) in [6, 6.07) is 8.56. The van der Waals surface area contributed by atoms with E-state index in [1.54, 1.807) is 0 Å². The van der Waals surface area contributed by atoms with E-state index in [-0.39, 0.29) is 10.8 Å². The van der Waals surface area contributed by atoms with Gasteiger partial charge in [0.2, 0.25) is 0 Å². The molecule has 0 radical (unpaired) electrons. The molecule has 0 heterocycles. The van der Waals surface area contributed by atoms with Gasteiger partial charge in [-0.25, -0.2) is 0 Å². The van der Waals surface area contributed by atoms with Crippen LogP contribution in [0.1, 0.15) is 63.8 Å². The Balaban J connectivity index is 2.72. The SMILES string of the molecule is CC(C)(C)c1cc(Br)c(C(=[N+]=[N-])c2c(I)cc(C(C)(C)C)cc2I)c(Br)c1. The Morgan fingerprint density at radius 2 is 1.15 bits per heavy atom. The maximum Gasteiger partial charge on any atom is 0.334 e. The van der Waals surface area contributed by atoms with Crippen LogP contribution in [-0.4, -0.2) is 10.5 Å². The average Bonchev–Trinajstić information content (AvgIpc) is 2.49. The number of rotatable bonds is 2. The molecular formula is C21H22Br2I2N2. The number of halogens is 4. The van der Waals surface area contributed by atoms with E-state index < -0.39 is 0 Å². The fourth-order valence-corrected chi connectivity index (χ4v) is 6.53. The third kappa shape index (κ3) is 5.24. The minimum Gasteiger partial charge on any atom is -0.361 e. The Morgan fingerprint density at radius 1 is 0.778 bits per heavy atom. The Morgan fingerprint density at radius 3 is 1.48 bits per heavy atom. The van der Waals surface area contributed by atoms with Crippen LogP contribution >= 0.6 is 77.0 Å². The molecule has 0 saturated carbocycles. The van der Waals surface area contributed by atoms with Gasteiger partial charge in [0.05, 0.1) is 11.1 Å². The Labute approximate surface area is 206 Å². The van der Waals surface area contributed by atoms with E-state index in [4.69, 9.17) is 0 Å². The number of nitrogens with zero attached hydrogens (tertiary/aromatic N) is 2. The predicted octanol–water partition coefficient (Wildman–Crippen LogP) is 8.08. The summed E-state index contributed by atoms with van der Waals surface area (Å²) in [6.07, 6.45) is 0. The second-order valence-electron chi connectivity index (χ2n) is 8.58. The summed E-state index contributed by atoms with van der Waals surface area (Å²) in [5.41, 5.74) is 14.8. The molecule has 2 aromatic carbocycles. The zero-order chi connectivity index (χ0) is 20.7. The van der Waals surface area contributed by atoms with E-state index in [9.17, 15) is 5.53 Å². The largest absolute Gasteiger partial charge is 0.361 e. The van der Waals surface area contributed by atoms with Gasteiger partial charge in [-0.3, -0.25) is 0 Å². The van der Waals surface area contributed by atoms with E-state index in [1.165, 1.54) is 11.1 Å². The first kappa shape index (κ1) is 23.5. The highest BCUT2D eigenvalue weighted by Gasteiger charge is 2.29. The van der Waals surface area contributed by atoms with E-state index in [0.717, 1.165) is 27.2 Å². The van der Waals surface area contributed by atoms with Crippen molar-refractivity contribution in [2.24, 2.45) is 0 Å². The van der Waals surface area contributed by atoms with Crippen LogP contribution in [0.3, 0.4) is 0 Å². The number of hydrogen-bond acceptors (Lipinski definition) is 0. The van der Waals surface area contributed by atoms with Crippen molar-refractivity contribution in [2.45, 2.75) is 52.4 Å². The van der Waals surface area contributed by atoms with Crippen molar-refractivity contribution in [1.29, 1.82) is 0 Å². The van der Waals surface area contributed by atoms with Gasteiger partial charge in [0.1, 0.15) is 0 Å². The van der Waals surface area contributed by atoms with Crippen molar-refractivity contribution in [1.82, 2.24) is 0 Å². The fraction of sp³-hybridized carbons (Fsp3) is 0.381. The van der Waals surface area contributed by atoms with E-state index in [0.29, 0.717) is 5.71 Å².